The molecule has 0 saturated heterocycles. The highest BCUT2D eigenvalue weighted by Crippen LogP contribution is 2.21. The summed E-state index contributed by atoms with van der Waals surface area (Å²) in [5.74, 6) is 0.349. The minimum Gasteiger partial charge on any atom is -0.497 e. The summed E-state index contributed by atoms with van der Waals surface area (Å²) >= 11 is 0. The molecule has 1 amide bonds. The number of nitrogens with zero attached hydrogens (tertiary/aromatic N) is 3. The van der Waals surface area contributed by atoms with Crippen LogP contribution in [-0.4, -0.2) is 29.4 Å². The monoisotopic (exact) mass is 345 g/mol. The average Bonchev–Trinajstić information content (AvgIpc) is 3.19. The molecule has 0 unspecified atom stereocenters. The first kappa shape index (κ1) is 16.9. The lowest BCUT2D eigenvalue weighted by atomic mass is 10.1. The molecule has 0 bridgehead atoms. The van der Waals surface area contributed by atoms with Gasteiger partial charge in [0.05, 0.1) is 30.7 Å². The Labute approximate surface area is 149 Å². The molecule has 7 nitrogen and oxygen atoms in total. The molecule has 0 aliphatic carbocycles. The Morgan fingerprint density at radius 2 is 1.96 bits per heavy atom. The number of hydrazone groups is 1. The number of methoxy groups -OCH3 is 1. The molecule has 0 aliphatic rings. The number of carbonyl (C=O) groups excluding carboxylic acids is 1. The van der Waals surface area contributed by atoms with Crippen LogP contribution in [0, 0.1) is 11.3 Å². The van der Waals surface area contributed by atoms with Gasteiger partial charge in [-0.15, -0.1) is 0 Å². The van der Waals surface area contributed by atoms with E-state index >= 15 is 0 Å². The molecule has 3 rings (SSSR count). The predicted molar refractivity (Wildman–Crippen MR) is 96.8 cm³/mol. The van der Waals surface area contributed by atoms with E-state index in [9.17, 15) is 4.79 Å². The van der Waals surface area contributed by atoms with Gasteiger partial charge in [-0.2, -0.15) is 15.5 Å². The lowest BCUT2D eigenvalue weighted by Gasteiger charge is -2.00. The van der Waals surface area contributed by atoms with Crippen LogP contribution in [0.25, 0.3) is 11.3 Å². The molecule has 0 spiro atoms. The van der Waals surface area contributed by atoms with Crippen molar-refractivity contribution in [2.75, 3.05) is 7.11 Å². The van der Waals surface area contributed by atoms with Crippen molar-refractivity contribution in [2.24, 2.45) is 5.10 Å². The van der Waals surface area contributed by atoms with Gasteiger partial charge in [-0.05, 0) is 48.0 Å². The van der Waals surface area contributed by atoms with Crippen molar-refractivity contribution in [1.29, 1.82) is 5.26 Å². The number of carbonyl (C=O) groups is 1. The first-order chi connectivity index (χ1) is 12.7. The molecule has 0 atom stereocenters. The van der Waals surface area contributed by atoms with Crippen molar-refractivity contribution >= 4 is 12.1 Å². The molecule has 0 fully saturated rings. The number of hydrogen-bond donors (Lipinski definition) is 2. The van der Waals surface area contributed by atoms with Gasteiger partial charge >= 0.3 is 0 Å². The standard InChI is InChI=1S/C19H15N5O2/c1-26-16-8-6-15(7-9-16)17-10-18(23-22-17)19(25)24-21-12-14-4-2-13(11-20)3-5-14/h2-10,12H,1H3,(H,22,23)(H,24,25)/b21-12-. The third kappa shape index (κ3) is 3.94. The van der Waals surface area contributed by atoms with Crippen LogP contribution in [-0.2, 0) is 0 Å². The molecule has 0 saturated carbocycles. The Balaban J connectivity index is 1.63. The third-order valence-corrected chi connectivity index (χ3v) is 3.63. The van der Waals surface area contributed by atoms with Crippen molar-refractivity contribution in [1.82, 2.24) is 15.6 Å². The molecule has 0 aliphatic heterocycles. The number of hydrogen-bond acceptors (Lipinski definition) is 5. The third-order valence-electron chi connectivity index (χ3n) is 3.63. The lowest BCUT2D eigenvalue weighted by Crippen LogP contribution is -2.17. The number of aromatic amines is 1. The van der Waals surface area contributed by atoms with Crippen LogP contribution in [0.15, 0.2) is 59.7 Å². The fourth-order valence-electron chi connectivity index (χ4n) is 2.22. The lowest BCUT2D eigenvalue weighted by molar-refractivity contribution is 0.0950. The van der Waals surface area contributed by atoms with Gasteiger partial charge in [0.2, 0.25) is 0 Å². The summed E-state index contributed by atoms with van der Waals surface area (Å²) in [5, 5.41) is 19.5. The van der Waals surface area contributed by atoms with Crippen LogP contribution >= 0.6 is 0 Å². The molecule has 7 heteroatoms. The Bertz CT molecular complexity index is 966. The van der Waals surface area contributed by atoms with Gasteiger partial charge in [-0.25, -0.2) is 5.43 Å². The number of nitrogens with one attached hydrogen (secondary N) is 2. The summed E-state index contributed by atoms with van der Waals surface area (Å²) in [4.78, 5) is 12.1. The zero-order chi connectivity index (χ0) is 18.4. The summed E-state index contributed by atoms with van der Waals surface area (Å²) in [6.07, 6.45) is 1.50. The summed E-state index contributed by atoms with van der Waals surface area (Å²) in [5.41, 5.74) is 5.58. The normalized spacial score (nSPS) is 10.5. The van der Waals surface area contributed by atoms with Crippen molar-refractivity contribution < 1.29 is 9.53 Å². The largest absolute Gasteiger partial charge is 0.497 e. The van der Waals surface area contributed by atoms with Gasteiger partial charge in [0.25, 0.3) is 5.91 Å². The van der Waals surface area contributed by atoms with Crippen LogP contribution in [0.3, 0.4) is 0 Å². The van der Waals surface area contributed by atoms with Crippen LogP contribution < -0.4 is 10.2 Å². The highest BCUT2D eigenvalue weighted by Gasteiger charge is 2.10. The predicted octanol–water partition coefficient (Wildman–Crippen LogP) is 2.72. The molecule has 2 N–H and O–H groups in total. The highest BCUT2D eigenvalue weighted by molar-refractivity contribution is 5.94. The Hall–Kier alpha value is -3.92. The number of amides is 1. The van der Waals surface area contributed by atoms with Crippen molar-refractivity contribution in [3.63, 3.8) is 0 Å². The second kappa shape index (κ2) is 7.77. The van der Waals surface area contributed by atoms with E-state index in [1.54, 1.807) is 37.4 Å². The molecular weight excluding hydrogens is 330 g/mol. The molecule has 1 aromatic heterocycles. The SMILES string of the molecule is COc1ccc(-c2cc(C(=O)N/N=C\c3ccc(C#N)cc3)[nH]n2)cc1. The second-order valence-electron chi connectivity index (χ2n) is 5.33. The minimum atomic E-state index is -0.401. The first-order valence-electron chi connectivity index (χ1n) is 7.73. The number of rotatable bonds is 5. The Morgan fingerprint density at radius 3 is 2.62 bits per heavy atom. The summed E-state index contributed by atoms with van der Waals surface area (Å²) in [6.45, 7) is 0. The summed E-state index contributed by atoms with van der Waals surface area (Å²) in [6, 6.07) is 17.9. The van der Waals surface area contributed by atoms with Crippen LogP contribution in [0.1, 0.15) is 21.6 Å². The van der Waals surface area contributed by atoms with E-state index in [4.69, 9.17) is 10.00 Å². The Morgan fingerprint density at radius 1 is 1.23 bits per heavy atom. The molecular formula is C19H15N5O2. The van der Waals surface area contributed by atoms with E-state index in [-0.39, 0.29) is 0 Å². The van der Waals surface area contributed by atoms with Gasteiger partial charge in [0, 0.05) is 5.56 Å². The maximum atomic E-state index is 12.1. The summed E-state index contributed by atoms with van der Waals surface area (Å²) < 4.78 is 5.12. The van der Waals surface area contributed by atoms with Crippen LogP contribution in [0.4, 0.5) is 0 Å². The zero-order valence-electron chi connectivity index (χ0n) is 13.9. The van der Waals surface area contributed by atoms with Gasteiger partial charge in [0.15, 0.2) is 0 Å². The number of aromatic nitrogens is 2. The van der Waals surface area contributed by atoms with Gasteiger partial charge < -0.3 is 4.74 Å². The smallest absolute Gasteiger partial charge is 0.289 e. The molecule has 0 radical (unpaired) electrons. The fourth-order valence-corrected chi connectivity index (χ4v) is 2.22. The quantitative estimate of drug-likeness (QED) is 0.548. The number of ether oxygens (including phenoxy) is 1. The highest BCUT2D eigenvalue weighted by atomic mass is 16.5. The van der Waals surface area contributed by atoms with Crippen LogP contribution in [0.2, 0.25) is 0 Å². The van der Waals surface area contributed by atoms with Crippen molar-refractivity contribution in [2.45, 2.75) is 0 Å². The fraction of sp³-hybridized carbons (Fsp3) is 0.0526. The molecule has 128 valence electrons. The minimum absolute atomic E-state index is 0.299. The Kier molecular flexibility index (Phi) is 5.05. The van der Waals surface area contributed by atoms with E-state index in [0.717, 1.165) is 16.9 Å². The van der Waals surface area contributed by atoms with Gasteiger partial charge in [-0.3, -0.25) is 9.89 Å². The molecule has 26 heavy (non-hydrogen) atoms. The molecule has 2 aromatic carbocycles. The van der Waals surface area contributed by atoms with E-state index in [1.165, 1.54) is 6.21 Å². The molecule has 3 aromatic rings. The van der Waals surface area contributed by atoms with Crippen LogP contribution in [0.5, 0.6) is 5.75 Å². The van der Waals surface area contributed by atoms with Gasteiger partial charge in [-0.1, -0.05) is 12.1 Å². The van der Waals surface area contributed by atoms with E-state index < -0.39 is 5.91 Å². The van der Waals surface area contributed by atoms with Crippen molar-refractivity contribution in [3.8, 4) is 23.1 Å². The molecule has 1 heterocycles. The van der Waals surface area contributed by atoms with E-state index in [1.807, 2.05) is 30.3 Å². The van der Waals surface area contributed by atoms with E-state index in [2.05, 4.69) is 20.7 Å². The average molecular weight is 345 g/mol. The van der Waals surface area contributed by atoms with Gasteiger partial charge in [0.1, 0.15) is 11.4 Å². The topological polar surface area (TPSA) is 103 Å². The van der Waals surface area contributed by atoms with E-state index in [0.29, 0.717) is 17.0 Å². The maximum absolute atomic E-state index is 12.1. The van der Waals surface area contributed by atoms with Crippen molar-refractivity contribution in [3.05, 3.63) is 71.4 Å². The second-order valence-corrected chi connectivity index (χ2v) is 5.33. The number of H-pyrrole nitrogens is 1. The summed E-state index contributed by atoms with van der Waals surface area (Å²) in [7, 11) is 1.60. The number of benzene rings is 2. The maximum Gasteiger partial charge on any atom is 0.289 e. The number of nitriles is 1. The first-order valence-corrected chi connectivity index (χ1v) is 7.73. The zero-order valence-corrected chi connectivity index (χ0v) is 13.9.